The number of urea groups is 1. The summed E-state index contributed by atoms with van der Waals surface area (Å²) in [6.45, 7) is 8.62. The zero-order valence-electron chi connectivity index (χ0n) is 12.4. The van der Waals surface area contributed by atoms with Crippen molar-refractivity contribution in [2.45, 2.75) is 45.8 Å². The van der Waals surface area contributed by atoms with Crippen LogP contribution in [0.4, 0.5) is 4.79 Å². The summed E-state index contributed by atoms with van der Waals surface area (Å²) in [5.74, 6) is 0. The SMILES string of the molecule is CCc1nc(CNC(=O)N2CCO[C@](C)(CC)C2)cs1. The molecule has 0 saturated carbocycles. The zero-order valence-corrected chi connectivity index (χ0v) is 13.3. The monoisotopic (exact) mass is 297 g/mol. The van der Waals surface area contributed by atoms with Crippen LogP contribution >= 0.6 is 11.3 Å². The Bertz CT molecular complexity index is 463. The predicted octanol–water partition coefficient (Wildman–Crippen LogP) is 2.42. The van der Waals surface area contributed by atoms with Crippen molar-refractivity contribution in [3.8, 4) is 0 Å². The number of hydrogen-bond acceptors (Lipinski definition) is 4. The minimum absolute atomic E-state index is 0.0287. The summed E-state index contributed by atoms with van der Waals surface area (Å²) in [5.41, 5.74) is 0.720. The Hall–Kier alpha value is -1.14. The van der Waals surface area contributed by atoms with Crippen molar-refractivity contribution in [3.63, 3.8) is 0 Å². The van der Waals surface area contributed by atoms with Gasteiger partial charge in [-0.3, -0.25) is 0 Å². The molecule has 1 atom stereocenters. The van der Waals surface area contributed by atoms with Crippen molar-refractivity contribution in [2.75, 3.05) is 19.7 Å². The van der Waals surface area contributed by atoms with Crippen LogP contribution in [0.1, 0.15) is 37.9 Å². The number of nitrogens with zero attached hydrogens (tertiary/aromatic N) is 2. The van der Waals surface area contributed by atoms with Gasteiger partial charge < -0.3 is 15.0 Å². The number of rotatable bonds is 4. The Morgan fingerprint density at radius 1 is 1.60 bits per heavy atom. The highest BCUT2D eigenvalue weighted by Crippen LogP contribution is 2.21. The Morgan fingerprint density at radius 3 is 3.05 bits per heavy atom. The van der Waals surface area contributed by atoms with Crippen LogP contribution in [0.5, 0.6) is 0 Å². The van der Waals surface area contributed by atoms with Gasteiger partial charge in [-0.25, -0.2) is 9.78 Å². The highest BCUT2D eigenvalue weighted by molar-refractivity contribution is 7.09. The third-order valence-electron chi connectivity index (χ3n) is 3.69. The third-order valence-corrected chi connectivity index (χ3v) is 4.74. The number of aromatic nitrogens is 1. The van der Waals surface area contributed by atoms with E-state index in [-0.39, 0.29) is 11.6 Å². The van der Waals surface area contributed by atoms with Crippen LogP contribution < -0.4 is 5.32 Å². The first-order valence-corrected chi connectivity index (χ1v) is 8.04. The molecular weight excluding hydrogens is 274 g/mol. The van der Waals surface area contributed by atoms with E-state index in [1.165, 1.54) is 0 Å². The van der Waals surface area contributed by atoms with E-state index < -0.39 is 0 Å². The first-order valence-electron chi connectivity index (χ1n) is 7.16. The van der Waals surface area contributed by atoms with Gasteiger partial charge in [0.15, 0.2) is 0 Å². The Kier molecular flexibility index (Phi) is 4.99. The van der Waals surface area contributed by atoms with Crippen molar-refractivity contribution in [3.05, 3.63) is 16.1 Å². The van der Waals surface area contributed by atoms with Crippen molar-refractivity contribution in [2.24, 2.45) is 0 Å². The molecule has 1 aromatic rings. The van der Waals surface area contributed by atoms with E-state index in [1.807, 2.05) is 10.3 Å². The molecule has 0 radical (unpaired) electrons. The summed E-state index contributed by atoms with van der Waals surface area (Å²) in [5, 5.41) is 6.06. The number of morpholine rings is 1. The van der Waals surface area contributed by atoms with Crippen LogP contribution in [0.3, 0.4) is 0 Å². The molecule has 2 rings (SSSR count). The molecular formula is C14H23N3O2S. The fraction of sp³-hybridized carbons (Fsp3) is 0.714. The van der Waals surface area contributed by atoms with Crippen LogP contribution in [-0.2, 0) is 17.7 Å². The van der Waals surface area contributed by atoms with Gasteiger partial charge in [-0.2, -0.15) is 0 Å². The maximum Gasteiger partial charge on any atom is 0.317 e. The van der Waals surface area contributed by atoms with Gasteiger partial charge in [-0.1, -0.05) is 13.8 Å². The molecule has 1 aliphatic rings. The lowest BCUT2D eigenvalue weighted by Gasteiger charge is -2.39. The van der Waals surface area contributed by atoms with Crippen LogP contribution in [0.2, 0.25) is 0 Å². The fourth-order valence-corrected chi connectivity index (χ4v) is 2.93. The van der Waals surface area contributed by atoms with Crippen molar-refractivity contribution in [1.29, 1.82) is 0 Å². The minimum Gasteiger partial charge on any atom is -0.372 e. The number of aryl methyl sites for hydroxylation is 1. The number of thiazole rings is 1. The molecule has 2 heterocycles. The van der Waals surface area contributed by atoms with E-state index in [4.69, 9.17) is 4.74 Å². The summed E-state index contributed by atoms with van der Waals surface area (Å²) >= 11 is 1.64. The molecule has 0 unspecified atom stereocenters. The van der Waals surface area contributed by atoms with E-state index in [2.05, 4.69) is 31.1 Å². The van der Waals surface area contributed by atoms with Gasteiger partial charge >= 0.3 is 6.03 Å². The number of carbonyl (C=O) groups excluding carboxylic acids is 1. The fourth-order valence-electron chi connectivity index (χ4n) is 2.19. The Labute approximate surface area is 124 Å². The lowest BCUT2D eigenvalue weighted by molar-refractivity contribution is -0.0872. The highest BCUT2D eigenvalue weighted by Gasteiger charge is 2.32. The maximum absolute atomic E-state index is 12.2. The van der Waals surface area contributed by atoms with Gasteiger partial charge in [0.1, 0.15) is 0 Å². The van der Waals surface area contributed by atoms with E-state index in [1.54, 1.807) is 11.3 Å². The Morgan fingerprint density at radius 2 is 2.40 bits per heavy atom. The molecule has 2 amide bonds. The van der Waals surface area contributed by atoms with E-state index >= 15 is 0 Å². The van der Waals surface area contributed by atoms with Crippen molar-refractivity contribution < 1.29 is 9.53 Å². The second-order valence-corrected chi connectivity index (χ2v) is 6.26. The lowest BCUT2D eigenvalue weighted by Crippen LogP contribution is -2.54. The number of nitrogens with one attached hydrogen (secondary N) is 1. The smallest absolute Gasteiger partial charge is 0.317 e. The third kappa shape index (κ3) is 3.70. The largest absolute Gasteiger partial charge is 0.372 e. The topological polar surface area (TPSA) is 54.5 Å². The van der Waals surface area contributed by atoms with Crippen LogP contribution in [-0.4, -0.2) is 41.2 Å². The minimum atomic E-state index is -0.217. The highest BCUT2D eigenvalue weighted by atomic mass is 32.1. The molecule has 0 aliphatic carbocycles. The molecule has 0 bridgehead atoms. The second kappa shape index (κ2) is 6.54. The molecule has 0 aromatic carbocycles. The first kappa shape index (κ1) is 15.3. The average molecular weight is 297 g/mol. The van der Waals surface area contributed by atoms with E-state index in [0.29, 0.717) is 26.2 Å². The van der Waals surface area contributed by atoms with Crippen LogP contribution in [0.25, 0.3) is 0 Å². The van der Waals surface area contributed by atoms with E-state index in [9.17, 15) is 4.79 Å². The molecule has 20 heavy (non-hydrogen) atoms. The normalized spacial score (nSPS) is 22.9. The summed E-state index contributed by atoms with van der Waals surface area (Å²) in [4.78, 5) is 18.5. The first-order chi connectivity index (χ1) is 9.56. The number of ether oxygens (including phenoxy) is 1. The van der Waals surface area contributed by atoms with Gasteiger partial charge in [-0.15, -0.1) is 11.3 Å². The Balaban J connectivity index is 1.85. The van der Waals surface area contributed by atoms with Crippen LogP contribution in [0.15, 0.2) is 5.38 Å². The van der Waals surface area contributed by atoms with Crippen molar-refractivity contribution >= 4 is 17.4 Å². The van der Waals surface area contributed by atoms with E-state index in [0.717, 1.165) is 23.5 Å². The van der Waals surface area contributed by atoms with Crippen molar-refractivity contribution in [1.82, 2.24) is 15.2 Å². The zero-order chi connectivity index (χ0) is 14.6. The lowest BCUT2D eigenvalue weighted by atomic mass is 10.0. The molecule has 1 aromatic heterocycles. The second-order valence-electron chi connectivity index (χ2n) is 5.32. The summed E-state index contributed by atoms with van der Waals surface area (Å²) < 4.78 is 5.74. The molecule has 1 aliphatic heterocycles. The number of carbonyl (C=O) groups is 1. The van der Waals surface area contributed by atoms with Gasteiger partial charge in [0, 0.05) is 11.9 Å². The molecule has 0 spiro atoms. The quantitative estimate of drug-likeness (QED) is 0.928. The number of hydrogen-bond donors (Lipinski definition) is 1. The molecule has 5 nitrogen and oxygen atoms in total. The molecule has 1 N–H and O–H groups in total. The maximum atomic E-state index is 12.2. The van der Waals surface area contributed by atoms with Gasteiger partial charge in [0.05, 0.1) is 36.0 Å². The molecule has 1 saturated heterocycles. The summed E-state index contributed by atoms with van der Waals surface area (Å²) in [7, 11) is 0. The molecule has 1 fully saturated rings. The molecule has 6 heteroatoms. The standard InChI is InChI=1S/C14H23N3O2S/c1-4-12-16-11(9-20-12)8-15-13(18)17-6-7-19-14(3,5-2)10-17/h9H,4-8,10H2,1-3H3,(H,15,18)/t14-/m1/s1. The molecule has 112 valence electrons. The predicted molar refractivity (Wildman–Crippen MR) is 79.9 cm³/mol. The number of amides is 2. The summed E-state index contributed by atoms with van der Waals surface area (Å²) in [6.07, 6.45) is 1.85. The average Bonchev–Trinajstić information content (AvgIpc) is 2.93. The van der Waals surface area contributed by atoms with Crippen LogP contribution in [0, 0.1) is 0 Å². The van der Waals surface area contributed by atoms with Gasteiger partial charge in [0.2, 0.25) is 0 Å². The summed E-state index contributed by atoms with van der Waals surface area (Å²) in [6, 6.07) is -0.0287. The van der Waals surface area contributed by atoms with Gasteiger partial charge in [0.25, 0.3) is 0 Å². The van der Waals surface area contributed by atoms with Gasteiger partial charge in [-0.05, 0) is 19.8 Å².